The molecular formula is C24H26FN3O4S. The summed E-state index contributed by atoms with van der Waals surface area (Å²) in [6, 6.07) is 8.13. The summed E-state index contributed by atoms with van der Waals surface area (Å²) in [6.45, 7) is 2.33. The van der Waals surface area contributed by atoms with Crippen LogP contribution < -0.4 is 20.3 Å². The Morgan fingerprint density at radius 1 is 1.15 bits per heavy atom. The van der Waals surface area contributed by atoms with Gasteiger partial charge < -0.3 is 19.4 Å². The maximum atomic E-state index is 14.5. The first-order chi connectivity index (χ1) is 16.0. The first kappa shape index (κ1) is 23.0. The number of rotatable bonds is 7. The minimum atomic E-state index is -0.330. The zero-order chi connectivity index (χ0) is 23.4. The molecule has 0 radical (unpaired) electrons. The van der Waals surface area contributed by atoms with E-state index in [1.54, 1.807) is 28.0 Å². The number of hydrogen-bond donors (Lipinski definition) is 1. The topological polar surface area (TPSA) is 72.8 Å². The Hall–Kier alpha value is -3.17. The van der Waals surface area contributed by atoms with Gasteiger partial charge in [-0.3, -0.25) is 14.5 Å². The summed E-state index contributed by atoms with van der Waals surface area (Å²) in [5, 5.41) is 6.86. The first-order valence-corrected chi connectivity index (χ1v) is 11.6. The van der Waals surface area contributed by atoms with E-state index >= 15 is 0 Å². The van der Waals surface area contributed by atoms with Crippen LogP contribution in [0.4, 0.5) is 4.39 Å². The highest BCUT2D eigenvalue weighted by atomic mass is 32.1. The number of carbonyl (C=O) groups is 1. The molecule has 3 heterocycles. The average molecular weight is 472 g/mol. The first-order valence-electron chi connectivity index (χ1n) is 10.6. The number of methoxy groups -OCH3 is 2. The molecule has 3 aromatic rings. The van der Waals surface area contributed by atoms with Gasteiger partial charge in [-0.2, -0.15) is 11.3 Å². The smallest absolute Gasteiger partial charge is 0.257 e. The van der Waals surface area contributed by atoms with E-state index in [1.807, 2.05) is 16.8 Å². The van der Waals surface area contributed by atoms with Crippen LogP contribution in [0.5, 0.6) is 11.5 Å². The molecule has 1 aliphatic heterocycles. The van der Waals surface area contributed by atoms with Gasteiger partial charge in [0.25, 0.3) is 11.5 Å². The Balaban J connectivity index is 1.56. The molecule has 1 N–H and O–H groups in total. The normalized spacial score (nSPS) is 13.8. The van der Waals surface area contributed by atoms with Crippen LogP contribution in [-0.2, 0) is 26.1 Å². The maximum Gasteiger partial charge on any atom is 0.257 e. The Labute approximate surface area is 195 Å². The lowest BCUT2D eigenvalue weighted by Gasteiger charge is -2.20. The van der Waals surface area contributed by atoms with E-state index in [1.165, 1.54) is 26.4 Å². The monoisotopic (exact) mass is 471 g/mol. The third-order valence-corrected chi connectivity index (χ3v) is 6.55. The van der Waals surface area contributed by atoms with Gasteiger partial charge in [-0.1, -0.05) is 6.07 Å². The van der Waals surface area contributed by atoms with Crippen LogP contribution in [0.1, 0.15) is 27.2 Å². The van der Waals surface area contributed by atoms with Crippen molar-refractivity contribution < 1.29 is 18.7 Å². The molecule has 174 valence electrons. The Morgan fingerprint density at radius 3 is 2.70 bits per heavy atom. The van der Waals surface area contributed by atoms with Gasteiger partial charge in [-0.05, 0) is 28.5 Å². The van der Waals surface area contributed by atoms with Gasteiger partial charge in [0.2, 0.25) is 0 Å². The van der Waals surface area contributed by atoms with Gasteiger partial charge >= 0.3 is 0 Å². The van der Waals surface area contributed by atoms with Crippen molar-refractivity contribution in [2.75, 3.05) is 27.3 Å². The van der Waals surface area contributed by atoms with Crippen LogP contribution in [0.2, 0.25) is 0 Å². The van der Waals surface area contributed by atoms with Gasteiger partial charge in [0, 0.05) is 62.5 Å². The number of ether oxygens (including phenoxy) is 2. The summed E-state index contributed by atoms with van der Waals surface area (Å²) < 4.78 is 26.6. The Bertz CT molecular complexity index is 1190. The molecule has 0 bridgehead atoms. The van der Waals surface area contributed by atoms with Crippen LogP contribution in [0.25, 0.3) is 0 Å². The third kappa shape index (κ3) is 5.09. The number of carbonyl (C=O) groups excluding carboxylic acids is 1. The van der Waals surface area contributed by atoms with Crippen molar-refractivity contribution in [1.82, 2.24) is 14.8 Å². The lowest BCUT2D eigenvalue weighted by molar-refractivity contribution is 0.0945. The minimum Gasteiger partial charge on any atom is -0.497 e. The second-order valence-electron chi connectivity index (χ2n) is 7.82. The average Bonchev–Trinajstić information content (AvgIpc) is 3.25. The molecule has 0 atom stereocenters. The molecular weight excluding hydrogens is 445 g/mol. The molecule has 0 aliphatic carbocycles. The molecule has 0 saturated heterocycles. The number of aromatic nitrogens is 1. The molecule has 0 saturated carbocycles. The van der Waals surface area contributed by atoms with Crippen molar-refractivity contribution in [2.45, 2.75) is 26.1 Å². The number of fused-ring (bicyclic) bond motifs is 1. The highest BCUT2D eigenvalue weighted by molar-refractivity contribution is 7.07. The van der Waals surface area contributed by atoms with Gasteiger partial charge in [0.05, 0.1) is 14.2 Å². The SMILES string of the molecule is COc1ccc(CN2CCc3c(C(=O)NCc4ccsc4)c(OC)cc(=O)n3CC2)c(F)c1. The van der Waals surface area contributed by atoms with Gasteiger partial charge in [-0.25, -0.2) is 4.39 Å². The number of nitrogens with one attached hydrogen (secondary N) is 1. The maximum absolute atomic E-state index is 14.5. The number of amides is 1. The van der Waals surface area contributed by atoms with Crippen LogP contribution >= 0.6 is 11.3 Å². The highest BCUT2D eigenvalue weighted by Gasteiger charge is 2.25. The molecule has 0 spiro atoms. The lowest BCUT2D eigenvalue weighted by Crippen LogP contribution is -2.31. The van der Waals surface area contributed by atoms with Crippen LogP contribution in [0.3, 0.4) is 0 Å². The van der Waals surface area contributed by atoms with Crippen molar-refractivity contribution >= 4 is 17.2 Å². The largest absolute Gasteiger partial charge is 0.497 e. The van der Waals surface area contributed by atoms with E-state index in [0.29, 0.717) is 61.7 Å². The number of benzene rings is 1. The Kier molecular flexibility index (Phi) is 7.10. The van der Waals surface area contributed by atoms with Crippen molar-refractivity contribution in [3.63, 3.8) is 0 Å². The van der Waals surface area contributed by atoms with Crippen LogP contribution in [-0.4, -0.2) is 42.7 Å². The molecule has 9 heteroatoms. The summed E-state index contributed by atoms with van der Waals surface area (Å²) in [6.07, 6.45) is 0.464. The van der Waals surface area contributed by atoms with Gasteiger partial charge in [0.15, 0.2) is 0 Å². The predicted octanol–water partition coefficient (Wildman–Crippen LogP) is 3.05. The fraction of sp³-hybridized carbons (Fsp3) is 0.333. The molecule has 4 rings (SSSR count). The summed E-state index contributed by atoms with van der Waals surface area (Å²) in [5.74, 6) is 0.125. The van der Waals surface area contributed by atoms with Crippen LogP contribution in [0, 0.1) is 5.82 Å². The molecule has 1 aromatic carbocycles. The molecule has 33 heavy (non-hydrogen) atoms. The van der Waals surface area contributed by atoms with E-state index in [0.717, 1.165) is 5.56 Å². The van der Waals surface area contributed by atoms with E-state index in [4.69, 9.17) is 9.47 Å². The summed E-state index contributed by atoms with van der Waals surface area (Å²) in [7, 11) is 2.96. The fourth-order valence-corrected chi connectivity index (χ4v) is 4.71. The number of nitrogens with zero attached hydrogens (tertiary/aromatic N) is 2. The summed E-state index contributed by atoms with van der Waals surface area (Å²) in [5.41, 5.74) is 2.37. The third-order valence-electron chi connectivity index (χ3n) is 5.82. The van der Waals surface area contributed by atoms with Crippen molar-refractivity contribution in [3.8, 4) is 11.5 Å². The van der Waals surface area contributed by atoms with Gasteiger partial charge in [0.1, 0.15) is 22.9 Å². The van der Waals surface area contributed by atoms with Gasteiger partial charge in [-0.15, -0.1) is 0 Å². The molecule has 1 aliphatic rings. The van der Waals surface area contributed by atoms with Crippen molar-refractivity contribution in [2.24, 2.45) is 0 Å². The minimum absolute atomic E-state index is 0.214. The van der Waals surface area contributed by atoms with E-state index in [2.05, 4.69) is 10.2 Å². The number of pyridine rings is 1. The van der Waals surface area contributed by atoms with E-state index < -0.39 is 0 Å². The molecule has 2 aromatic heterocycles. The summed E-state index contributed by atoms with van der Waals surface area (Å²) in [4.78, 5) is 28.0. The zero-order valence-electron chi connectivity index (χ0n) is 18.6. The van der Waals surface area contributed by atoms with E-state index in [-0.39, 0.29) is 23.0 Å². The number of thiophene rings is 1. The molecule has 0 fully saturated rings. The second-order valence-corrected chi connectivity index (χ2v) is 8.60. The Morgan fingerprint density at radius 2 is 2.00 bits per heavy atom. The standard InChI is InChI=1S/C24H26FN3O4S/c1-31-18-4-3-17(19(25)11-18)14-27-7-5-20-23(24(30)26-13-16-6-10-33-15-16)21(32-2)12-22(29)28(20)9-8-27/h3-4,6,10-12,15H,5,7-9,13-14H2,1-2H3,(H,26,30). The lowest BCUT2D eigenvalue weighted by atomic mass is 10.1. The predicted molar refractivity (Wildman–Crippen MR) is 125 cm³/mol. The molecule has 0 unspecified atom stereocenters. The van der Waals surface area contributed by atoms with Crippen molar-refractivity contribution in [1.29, 1.82) is 0 Å². The summed E-state index contributed by atoms with van der Waals surface area (Å²) >= 11 is 1.57. The quantitative estimate of drug-likeness (QED) is 0.574. The van der Waals surface area contributed by atoms with E-state index in [9.17, 15) is 14.0 Å². The van der Waals surface area contributed by atoms with Crippen LogP contribution in [0.15, 0.2) is 45.9 Å². The number of halogens is 1. The van der Waals surface area contributed by atoms with Crippen molar-refractivity contribution in [3.05, 3.63) is 79.6 Å². The zero-order valence-corrected chi connectivity index (χ0v) is 19.4. The fourth-order valence-electron chi connectivity index (χ4n) is 4.04. The second kappa shape index (κ2) is 10.2. The number of hydrogen-bond acceptors (Lipinski definition) is 6. The molecule has 1 amide bonds. The molecule has 7 nitrogen and oxygen atoms in total. The highest BCUT2D eigenvalue weighted by Crippen LogP contribution is 2.24.